The fraction of sp³-hybridized carbons (Fsp3) is 0.214. The third kappa shape index (κ3) is 2.97. The van der Waals surface area contributed by atoms with Crippen molar-refractivity contribution >= 4 is 34.8 Å². The van der Waals surface area contributed by atoms with E-state index in [9.17, 15) is 0 Å². The van der Waals surface area contributed by atoms with E-state index in [-0.39, 0.29) is 5.38 Å². The smallest absolute Gasteiger partial charge is 0.0655 e. The van der Waals surface area contributed by atoms with Crippen LogP contribution >= 0.6 is 34.8 Å². The lowest BCUT2D eigenvalue weighted by Gasteiger charge is -2.13. The molecule has 0 saturated carbocycles. The Morgan fingerprint density at radius 2 is 1.94 bits per heavy atom. The van der Waals surface area contributed by atoms with Gasteiger partial charge in [0.1, 0.15) is 0 Å². The second kappa shape index (κ2) is 5.92. The summed E-state index contributed by atoms with van der Waals surface area (Å²) < 4.78 is 0. The monoisotopic (exact) mass is 299 g/mol. The molecule has 0 fully saturated rings. The highest BCUT2D eigenvalue weighted by atomic mass is 35.5. The Kier molecular flexibility index (Phi) is 4.50. The second-order valence-corrected chi connectivity index (χ2v) is 5.39. The molecular weight excluding hydrogens is 289 g/mol. The summed E-state index contributed by atoms with van der Waals surface area (Å²) in [6, 6.07) is 9.43. The van der Waals surface area contributed by atoms with Gasteiger partial charge in [-0.25, -0.2) is 0 Å². The SMILES string of the molecule is Cc1cccnc1CC(Cl)c1cccc(Cl)c1Cl. The predicted molar refractivity (Wildman–Crippen MR) is 77.7 cm³/mol. The average molecular weight is 301 g/mol. The first-order valence-electron chi connectivity index (χ1n) is 5.58. The van der Waals surface area contributed by atoms with Crippen molar-refractivity contribution in [2.75, 3.05) is 0 Å². The van der Waals surface area contributed by atoms with Gasteiger partial charge in [0, 0.05) is 18.3 Å². The molecule has 1 atom stereocenters. The zero-order valence-electron chi connectivity index (χ0n) is 9.83. The number of rotatable bonds is 3. The first-order chi connectivity index (χ1) is 8.59. The molecular formula is C14H12Cl3N. The van der Waals surface area contributed by atoms with Crippen molar-refractivity contribution in [1.82, 2.24) is 4.98 Å². The minimum atomic E-state index is -0.232. The maximum absolute atomic E-state index is 6.41. The molecule has 0 spiro atoms. The number of halogens is 3. The van der Waals surface area contributed by atoms with Crippen LogP contribution in [0.4, 0.5) is 0 Å². The molecule has 0 amide bonds. The van der Waals surface area contributed by atoms with Gasteiger partial charge in [-0.3, -0.25) is 4.98 Å². The van der Waals surface area contributed by atoms with E-state index in [0.717, 1.165) is 16.8 Å². The number of hydrogen-bond donors (Lipinski definition) is 0. The quantitative estimate of drug-likeness (QED) is 0.708. The number of nitrogens with zero attached hydrogens (tertiary/aromatic N) is 1. The number of hydrogen-bond acceptors (Lipinski definition) is 1. The lowest BCUT2D eigenvalue weighted by molar-refractivity contribution is 0.870. The maximum Gasteiger partial charge on any atom is 0.0655 e. The van der Waals surface area contributed by atoms with Crippen molar-refractivity contribution < 1.29 is 0 Å². The van der Waals surface area contributed by atoms with Crippen LogP contribution in [0.3, 0.4) is 0 Å². The second-order valence-electron chi connectivity index (χ2n) is 4.08. The van der Waals surface area contributed by atoms with Gasteiger partial charge >= 0.3 is 0 Å². The summed E-state index contributed by atoms with van der Waals surface area (Å²) in [5.41, 5.74) is 2.95. The van der Waals surface area contributed by atoms with E-state index in [1.165, 1.54) is 0 Å². The lowest BCUT2D eigenvalue weighted by atomic mass is 10.0. The van der Waals surface area contributed by atoms with Gasteiger partial charge in [0.15, 0.2) is 0 Å². The molecule has 0 aliphatic rings. The van der Waals surface area contributed by atoms with E-state index in [1.807, 2.05) is 31.2 Å². The standard InChI is InChI=1S/C14H12Cl3N/c1-9-4-3-7-18-13(9)8-12(16)10-5-2-6-11(15)14(10)17/h2-7,12H,8H2,1H3. The zero-order valence-corrected chi connectivity index (χ0v) is 12.1. The van der Waals surface area contributed by atoms with Crippen LogP contribution in [0.1, 0.15) is 22.2 Å². The molecule has 94 valence electrons. The first-order valence-corrected chi connectivity index (χ1v) is 6.77. The predicted octanol–water partition coefficient (Wildman–Crippen LogP) is 5.22. The normalized spacial score (nSPS) is 12.4. The highest BCUT2D eigenvalue weighted by Gasteiger charge is 2.15. The fourth-order valence-corrected chi connectivity index (χ4v) is 2.60. The number of benzene rings is 1. The van der Waals surface area contributed by atoms with Crippen molar-refractivity contribution in [3.63, 3.8) is 0 Å². The van der Waals surface area contributed by atoms with E-state index < -0.39 is 0 Å². The molecule has 4 heteroatoms. The molecule has 2 rings (SSSR count). The molecule has 1 nitrogen and oxygen atoms in total. The van der Waals surface area contributed by atoms with Crippen molar-refractivity contribution in [2.45, 2.75) is 18.7 Å². The van der Waals surface area contributed by atoms with Crippen LogP contribution in [0.15, 0.2) is 36.5 Å². The van der Waals surface area contributed by atoms with E-state index in [2.05, 4.69) is 4.98 Å². The first kappa shape index (κ1) is 13.7. The molecule has 0 aliphatic heterocycles. The summed E-state index contributed by atoms with van der Waals surface area (Å²) in [7, 11) is 0. The van der Waals surface area contributed by atoms with Crippen LogP contribution in [-0.2, 0) is 6.42 Å². The Bertz CT molecular complexity index is 554. The highest BCUT2D eigenvalue weighted by Crippen LogP contribution is 2.34. The Morgan fingerprint density at radius 1 is 1.17 bits per heavy atom. The van der Waals surface area contributed by atoms with Gasteiger partial charge in [0.05, 0.1) is 15.4 Å². The van der Waals surface area contributed by atoms with E-state index in [1.54, 1.807) is 12.3 Å². The Balaban J connectivity index is 2.25. The van der Waals surface area contributed by atoms with Crippen LogP contribution in [0, 0.1) is 6.92 Å². The van der Waals surface area contributed by atoms with Crippen LogP contribution in [0.2, 0.25) is 10.0 Å². The van der Waals surface area contributed by atoms with Crippen molar-refractivity contribution in [3.05, 3.63) is 63.4 Å². The fourth-order valence-electron chi connectivity index (χ4n) is 1.77. The van der Waals surface area contributed by atoms with E-state index >= 15 is 0 Å². The summed E-state index contributed by atoms with van der Waals surface area (Å²) in [5, 5.41) is 0.815. The molecule has 0 saturated heterocycles. The van der Waals surface area contributed by atoms with Crippen LogP contribution in [0.25, 0.3) is 0 Å². The summed E-state index contributed by atoms with van der Waals surface area (Å²) in [6.45, 7) is 2.02. The molecule has 1 unspecified atom stereocenters. The van der Waals surface area contributed by atoms with Gasteiger partial charge < -0.3 is 0 Å². The summed E-state index contributed by atoms with van der Waals surface area (Å²) in [4.78, 5) is 4.34. The third-order valence-electron chi connectivity index (χ3n) is 2.81. The molecule has 1 aromatic heterocycles. The maximum atomic E-state index is 6.41. The minimum Gasteiger partial charge on any atom is -0.261 e. The molecule has 1 heterocycles. The highest BCUT2D eigenvalue weighted by molar-refractivity contribution is 6.43. The van der Waals surface area contributed by atoms with E-state index in [4.69, 9.17) is 34.8 Å². The van der Waals surface area contributed by atoms with Gasteiger partial charge in [0.2, 0.25) is 0 Å². The molecule has 2 aromatic rings. The zero-order chi connectivity index (χ0) is 13.1. The van der Waals surface area contributed by atoms with Crippen molar-refractivity contribution in [3.8, 4) is 0 Å². The number of alkyl halides is 1. The number of pyridine rings is 1. The Labute approximate surface area is 122 Å². The van der Waals surface area contributed by atoms with Gasteiger partial charge in [-0.1, -0.05) is 41.4 Å². The van der Waals surface area contributed by atoms with Crippen LogP contribution in [0.5, 0.6) is 0 Å². The number of aromatic nitrogens is 1. The minimum absolute atomic E-state index is 0.232. The topological polar surface area (TPSA) is 12.9 Å². The summed E-state index contributed by atoms with van der Waals surface area (Å²) in [6.07, 6.45) is 2.40. The molecule has 0 aliphatic carbocycles. The van der Waals surface area contributed by atoms with Gasteiger partial charge in [0.25, 0.3) is 0 Å². The van der Waals surface area contributed by atoms with Crippen molar-refractivity contribution in [1.29, 1.82) is 0 Å². The van der Waals surface area contributed by atoms with Gasteiger partial charge in [-0.2, -0.15) is 0 Å². The molecule has 1 aromatic carbocycles. The number of aryl methyl sites for hydroxylation is 1. The largest absolute Gasteiger partial charge is 0.261 e. The van der Waals surface area contributed by atoms with Crippen LogP contribution < -0.4 is 0 Å². The third-order valence-corrected chi connectivity index (χ3v) is 4.03. The lowest BCUT2D eigenvalue weighted by Crippen LogP contribution is -2.01. The Hall–Kier alpha value is -0.760. The molecule has 0 radical (unpaired) electrons. The van der Waals surface area contributed by atoms with Crippen molar-refractivity contribution in [2.24, 2.45) is 0 Å². The van der Waals surface area contributed by atoms with Crippen LogP contribution in [-0.4, -0.2) is 4.98 Å². The molecule has 18 heavy (non-hydrogen) atoms. The summed E-state index contributed by atoms with van der Waals surface area (Å²) >= 11 is 18.6. The Morgan fingerprint density at radius 3 is 2.67 bits per heavy atom. The molecule has 0 bridgehead atoms. The van der Waals surface area contributed by atoms with E-state index in [0.29, 0.717) is 16.5 Å². The molecule has 0 N–H and O–H groups in total. The summed E-state index contributed by atoms with van der Waals surface area (Å²) in [5.74, 6) is 0. The van der Waals surface area contributed by atoms with Gasteiger partial charge in [-0.15, -0.1) is 11.6 Å². The average Bonchev–Trinajstić information content (AvgIpc) is 2.35. The van der Waals surface area contributed by atoms with Gasteiger partial charge in [-0.05, 0) is 30.2 Å².